The zero-order valence-electron chi connectivity index (χ0n) is 18.6. The number of anilines is 2. The van der Waals surface area contributed by atoms with Gasteiger partial charge in [0.2, 0.25) is 10.0 Å². The summed E-state index contributed by atoms with van der Waals surface area (Å²) in [7, 11) is -3.86. The smallest absolute Gasteiger partial charge is 0.308 e. The Labute approximate surface area is 196 Å². The highest BCUT2D eigenvalue weighted by atomic mass is 32.2. The van der Waals surface area contributed by atoms with E-state index in [2.05, 4.69) is 10.0 Å². The number of carbonyl (C=O) groups excluding carboxylic acids is 1. The van der Waals surface area contributed by atoms with E-state index < -0.39 is 27.8 Å². The Morgan fingerprint density at radius 1 is 0.912 bits per heavy atom. The molecule has 0 radical (unpaired) electrons. The van der Waals surface area contributed by atoms with E-state index in [1.54, 1.807) is 36.4 Å². The lowest BCUT2D eigenvalue weighted by atomic mass is 10.2. The molecule has 0 saturated heterocycles. The second-order valence-corrected chi connectivity index (χ2v) is 9.47. The number of benzene rings is 3. The van der Waals surface area contributed by atoms with Crippen molar-refractivity contribution in [3.8, 4) is 0 Å². The molecule has 0 saturated carbocycles. The highest BCUT2D eigenvalue weighted by Gasteiger charge is 2.31. The van der Waals surface area contributed by atoms with Crippen LogP contribution < -0.4 is 14.9 Å². The first kappa shape index (κ1) is 25.3. The van der Waals surface area contributed by atoms with Crippen molar-refractivity contribution in [1.82, 2.24) is 4.72 Å². The molecule has 0 bridgehead atoms. The van der Waals surface area contributed by atoms with Gasteiger partial charge in [0.25, 0.3) is 0 Å². The van der Waals surface area contributed by atoms with Crippen LogP contribution in [0.2, 0.25) is 0 Å². The molecule has 3 aromatic rings. The summed E-state index contributed by atoms with van der Waals surface area (Å²) in [6, 6.07) is 16.7. The van der Waals surface area contributed by atoms with Crippen molar-refractivity contribution in [3.63, 3.8) is 0 Å². The quantitative estimate of drug-likeness (QED) is 0.468. The normalized spacial score (nSPS) is 11.8. The second-order valence-electron chi connectivity index (χ2n) is 7.71. The van der Waals surface area contributed by atoms with Crippen molar-refractivity contribution in [2.24, 2.45) is 0 Å². The molecular weight excluding hydrogens is 467 g/mol. The largest absolute Gasteiger partial charge is 0.416 e. The van der Waals surface area contributed by atoms with Crippen LogP contribution in [0, 0.1) is 13.8 Å². The molecule has 180 valence electrons. The van der Waals surface area contributed by atoms with Crippen LogP contribution in [0.1, 0.15) is 16.7 Å². The predicted molar refractivity (Wildman–Crippen MR) is 125 cm³/mol. The lowest BCUT2D eigenvalue weighted by Gasteiger charge is -2.24. The van der Waals surface area contributed by atoms with Gasteiger partial charge in [-0.25, -0.2) is 17.9 Å². The van der Waals surface area contributed by atoms with Crippen LogP contribution in [0.25, 0.3) is 0 Å². The minimum atomic E-state index is -4.60. The summed E-state index contributed by atoms with van der Waals surface area (Å²) >= 11 is 0. The lowest BCUT2D eigenvalue weighted by Crippen LogP contribution is -2.41. The second kappa shape index (κ2) is 10.3. The third kappa shape index (κ3) is 6.58. The Hall–Kier alpha value is -3.37. The van der Waals surface area contributed by atoms with Gasteiger partial charge in [0.15, 0.2) is 0 Å². The number of amides is 2. The van der Waals surface area contributed by atoms with Crippen LogP contribution in [0.4, 0.5) is 29.3 Å². The Bertz CT molecular complexity index is 1240. The molecule has 3 aromatic carbocycles. The maximum Gasteiger partial charge on any atom is 0.416 e. The van der Waals surface area contributed by atoms with Crippen LogP contribution in [0.5, 0.6) is 0 Å². The Kier molecular flexibility index (Phi) is 7.63. The molecule has 0 fully saturated rings. The topological polar surface area (TPSA) is 78.5 Å². The Morgan fingerprint density at radius 2 is 1.50 bits per heavy atom. The first-order valence-corrected chi connectivity index (χ1v) is 11.8. The number of hydrogen-bond acceptors (Lipinski definition) is 3. The Balaban J connectivity index is 1.82. The van der Waals surface area contributed by atoms with Crippen molar-refractivity contribution in [1.29, 1.82) is 0 Å². The highest BCUT2D eigenvalue weighted by Crippen LogP contribution is 2.31. The van der Waals surface area contributed by atoms with E-state index in [0.717, 1.165) is 28.2 Å². The molecule has 34 heavy (non-hydrogen) atoms. The zero-order valence-corrected chi connectivity index (χ0v) is 19.4. The lowest BCUT2D eigenvalue weighted by molar-refractivity contribution is -0.137. The van der Waals surface area contributed by atoms with E-state index in [1.165, 1.54) is 24.3 Å². The summed E-state index contributed by atoms with van der Waals surface area (Å²) < 4.78 is 67.2. The fourth-order valence-electron chi connectivity index (χ4n) is 3.12. The molecule has 0 heterocycles. The van der Waals surface area contributed by atoms with Gasteiger partial charge in [-0.15, -0.1) is 0 Å². The SMILES string of the molecule is Cc1ccc(NC(=O)N(CCNS(=O)(=O)c2ccc(C)cc2)c2cccc(C(F)(F)F)c2)cc1. The Morgan fingerprint density at radius 3 is 2.09 bits per heavy atom. The van der Waals surface area contributed by atoms with Crippen LogP contribution in [0.3, 0.4) is 0 Å². The van der Waals surface area contributed by atoms with Crippen molar-refractivity contribution in [3.05, 3.63) is 89.5 Å². The van der Waals surface area contributed by atoms with Gasteiger partial charge in [-0.3, -0.25) is 4.90 Å². The predicted octanol–water partition coefficient (Wildman–Crippen LogP) is 5.34. The monoisotopic (exact) mass is 491 g/mol. The van der Waals surface area contributed by atoms with Crippen LogP contribution in [-0.4, -0.2) is 27.5 Å². The van der Waals surface area contributed by atoms with Gasteiger partial charge in [-0.1, -0.05) is 41.5 Å². The third-order valence-electron chi connectivity index (χ3n) is 4.99. The number of halogens is 3. The number of carbonyl (C=O) groups is 1. The summed E-state index contributed by atoms with van der Waals surface area (Å²) in [5.41, 5.74) is 1.38. The molecule has 0 aliphatic rings. The van der Waals surface area contributed by atoms with Gasteiger partial charge in [-0.2, -0.15) is 13.2 Å². The maximum absolute atomic E-state index is 13.2. The minimum Gasteiger partial charge on any atom is -0.308 e. The molecule has 0 unspecified atom stereocenters. The van der Waals surface area contributed by atoms with E-state index in [4.69, 9.17) is 0 Å². The number of urea groups is 1. The van der Waals surface area contributed by atoms with Gasteiger partial charge in [0.05, 0.1) is 10.5 Å². The fraction of sp³-hybridized carbons (Fsp3) is 0.208. The standard InChI is InChI=1S/C24H24F3N3O3S/c1-17-6-10-20(11-7-17)29-23(31)30(21-5-3-4-19(16-21)24(25,26)27)15-14-28-34(32,33)22-12-8-18(2)9-13-22/h3-13,16,28H,14-15H2,1-2H3,(H,29,31). The first-order chi connectivity index (χ1) is 16.0. The maximum atomic E-state index is 13.2. The van der Waals surface area contributed by atoms with E-state index >= 15 is 0 Å². The molecule has 6 nitrogen and oxygen atoms in total. The van der Waals surface area contributed by atoms with Crippen molar-refractivity contribution in [2.75, 3.05) is 23.3 Å². The molecule has 0 aliphatic carbocycles. The third-order valence-corrected chi connectivity index (χ3v) is 6.47. The average molecular weight is 492 g/mol. The number of nitrogens with zero attached hydrogens (tertiary/aromatic N) is 1. The molecule has 0 aliphatic heterocycles. The number of nitrogens with one attached hydrogen (secondary N) is 2. The van der Waals surface area contributed by atoms with Crippen LogP contribution in [0.15, 0.2) is 77.7 Å². The van der Waals surface area contributed by atoms with Gasteiger partial charge < -0.3 is 5.32 Å². The minimum absolute atomic E-state index is 0.0195. The first-order valence-electron chi connectivity index (χ1n) is 10.3. The summed E-state index contributed by atoms with van der Waals surface area (Å²) in [5.74, 6) is 0. The molecule has 2 amide bonds. The van der Waals surface area contributed by atoms with Gasteiger partial charge >= 0.3 is 12.2 Å². The zero-order chi connectivity index (χ0) is 24.9. The van der Waals surface area contributed by atoms with Gasteiger partial charge in [0.1, 0.15) is 0 Å². The number of sulfonamides is 1. The van der Waals surface area contributed by atoms with Gasteiger partial charge in [-0.05, 0) is 56.3 Å². The molecule has 10 heteroatoms. The summed E-state index contributed by atoms with van der Waals surface area (Å²) in [5, 5.41) is 2.64. The van der Waals surface area contributed by atoms with Crippen molar-refractivity contribution < 1.29 is 26.4 Å². The molecule has 3 rings (SSSR count). The average Bonchev–Trinajstić information content (AvgIpc) is 2.78. The number of hydrogen-bond donors (Lipinski definition) is 2. The van der Waals surface area contributed by atoms with Crippen LogP contribution >= 0.6 is 0 Å². The number of rotatable bonds is 7. The summed E-state index contributed by atoms with van der Waals surface area (Å²) in [6.45, 7) is 3.28. The van der Waals surface area contributed by atoms with Crippen molar-refractivity contribution >= 4 is 27.4 Å². The molecule has 0 atom stereocenters. The summed E-state index contributed by atoms with van der Waals surface area (Å²) in [4.78, 5) is 14.1. The van der Waals surface area contributed by atoms with Gasteiger partial charge in [0, 0.05) is 24.5 Å². The molecule has 0 aromatic heterocycles. The number of aryl methyl sites for hydroxylation is 2. The molecular formula is C24H24F3N3O3S. The fourth-order valence-corrected chi connectivity index (χ4v) is 4.14. The molecule has 2 N–H and O–H groups in total. The van der Waals surface area contributed by atoms with E-state index in [9.17, 15) is 26.4 Å². The highest BCUT2D eigenvalue weighted by molar-refractivity contribution is 7.89. The molecule has 0 spiro atoms. The summed E-state index contributed by atoms with van der Waals surface area (Å²) in [6.07, 6.45) is -4.60. The van der Waals surface area contributed by atoms with E-state index in [1.807, 2.05) is 13.8 Å². The van der Waals surface area contributed by atoms with Crippen molar-refractivity contribution in [2.45, 2.75) is 24.9 Å². The van der Waals surface area contributed by atoms with E-state index in [-0.39, 0.29) is 23.7 Å². The van der Waals surface area contributed by atoms with E-state index in [0.29, 0.717) is 5.69 Å². The van der Waals surface area contributed by atoms with Crippen LogP contribution in [-0.2, 0) is 16.2 Å². The number of alkyl halides is 3.